The Kier molecular flexibility index (Phi) is 3.50. The smallest absolute Gasteiger partial charge is 0.128 e. The van der Waals surface area contributed by atoms with E-state index in [9.17, 15) is 0 Å². The van der Waals surface area contributed by atoms with Gasteiger partial charge >= 0.3 is 0 Å². The molecule has 1 saturated heterocycles. The first-order chi connectivity index (χ1) is 7.58. The molecule has 1 aromatic heterocycles. The van der Waals surface area contributed by atoms with E-state index in [0.717, 1.165) is 29.1 Å². The van der Waals surface area contributed by atoms with Crippen molar-refractivity contribution in [3.8, 4) is 0 Å². The third-order valence-corrected chi connectivity index (χ3v) is 4.14. The van der Waals surface area contributed by atoms with Crippen molar-refractivity contribution < 1.29 is 0 Å². The fraction of sp³-hybridized carbons (Fsp3) is 0.583. The Bertz CT molecular complexity index is 379. The van der Waals surface area contributed by atoms with E-state index in [-0.39, 0.29) is 6.04 Å². The summed E-state index contributed by atoms with van der Waals surface area (Å²) in [5.41, 5.74) is 6.98. The normalized spacial score (nSPS) is 22.5. The van der Waals surface area contributed by atoms with Crippen LogP contribution < -0.4 is 10.6 Å². The van der Waals surface area contributed by atoms with Crippen LogP contribution in [-0.4, -0.2) is 24.1 Å². The maximum atomic E-state index is 5.94. The van der Waals surface area contributed by atoms with Crippen molar-refractivity contribution in [1.82, 2.24) is 4.98 Å². The monoisotopic (exact) mass is 283 g/mol. The zero-order valence-corrected chi connectivity index (χ0v) is 11.4. The fourth-order valence-electron chi connectivity index (χ4n) is 2.13. The first-order valence-electron chi connectivity index (χ1n) is 5.71. The van der Waals surface area contributed by atoms with Crippen LogP contribution in [0.3, 0.4) is 0 Å². The molecule has 1 aliphatic rings. The highest BCUT2D eigenvalue weighted by atomic mass is 79.9. The molecule has 0 saturated carbocycles. The van der Waals surface area contributed by atoms with Gasteiger partial charge in [-0.25, -0.2) is 4.98 Å². The standard InChI is InChI=1S/C12H18BrN3/c1-8(14)10-5-6-16(7-10)12-4-3-11(13)9(2)15-12/h3-4,8,10H,5-7,14H2,1-2H3. The summed E-state index contributed by atoms with van der Waals surface area (Å²) in [7, 11) is 0. The van der Waals surface area contributed by atoms with Crippen LogP contribution in [0, 0.1) is 12.8 Å². The summed E-state index contributed by atoms with van der Waals surface area (Å²) >= 11 is 3.47. The Morgan fingerprint density at radius 1 is 1.56 bits per heavy atom. The Balaban J connectivity index is 2.11. The molecule has 16 heavy (non-hydrogen) atoms. The first-order valence-corrected chi connectivity index (χ1v) is 6.51. The van der Waals surface area contributed by atoms with Crippen LogP contribution in [-0.2, 0) is 0 Å². The van der Waals surface area contributed by atoms with Gasteiger partial charge in [-0.3, -0.25) is 0 Å². The molecule has 0 amide bonds. The van der Waals surface area contributed by atoms with E-state index in [1.165, 1.54) is 6.42 Å². The first kappa shape index (κ1) is 11.9. The molecular weight excluding hydrogens is 266 g/mol. The van der Waals surface area contributed by atoms with Crippen LogP contribution in [0.25, 0.3) is 0 Å². The van der Waals surface area contributed by atoms with Crippen molar-refractivity contribution in [3.63, 3.8) is 0 Å². The van der Waals surface area contributed by atoms with E-state index < -0.39 is 0 Å². The van der Waals surface area contributed by atoms with Gasteiger partial charge in [-0.2, -0.15) is 0 Å². The van der Waals surface area contributed by atoms with E-state index in [2.05, 4.69) is 44.9 Å². The number of hydrogen-bond donors (Lipinski definition) is 1. The largest absolute Gasteiger partial charge is 0.356 e. The van der Waals surface area contributed by atoms with E-state index in [1.54, 1.807) is 0 Å². The second kappa shape index (κ2) is 4.72. The van der Waals surface area contributed by atoms with Crippen molar-refractivity contribution in [1.29, 1.82) is 0 Å². The lowest BCUT2D eigenvalue weighted by molar-refractivity contribution is 0.488. The minimum atomic E-state index is 0.279. The molecular formula is C12H18BrN3. The summed E-state index contributed by atoms with van der Waals surface area (Å²) in [4.78, 5) is 6.91. The topological polar surface area (TPSA) is 42.2 Å². The Labute approximate surface area is 105 Å². The van der Waals surface area contributed by atoms with Crippen molar-refractivity contribution in [2.45, 2.75) is 26.3 Å². The van der Waals surface area contributed by atoms with Gasteiger partial charge in [0.15, 0.2) is 0 Å². The zero-order valence-electron chi connectivity index (χ0n) is 9.78. The van der Waals surface area contributed by atoms with Crippen molar-refractivity contribution in [2.75, 3.05) is 18.0 Å². The van der Waals surface area contributed by atoms with Crippen LogP contribution in [0.4, 0.5) is 5.82 Å². The van der Waals surface area contributed by atoms with Crippen LogP contribution in [0.1, 0.15) is 19.0 Å². The van der Waals surface area contributed by atoms with Gasteiger partial charge in [-0.15, -0.1) is 0 Å². The van der Waals surface area contributed by atoms with E-state index >= 15 is 0 Å². The van der Waals surface area contributed by atoms with Crippen LogP contribution >= 0.6 is 15.9 Å². The third-order valence-electron chi connectivity index (χ3n) is 3.30. The lowest BCUT2D eigenvalue weighted by Gasteiger charge is -2.19. The molecule has 2 N–H and O–H groups in total. The number of aryl methyl sites for hydroxylation is 1. The molecule has 1 fully saturated rings. The Hall–Kier alpha value is -0.610. The molecule has 88 valence electrons. The Morgan fingerprint density at radius 3 is 2.88 bits per heavy atom. The van der Waals surface area contributed by atoms with Gasteiger partial charge in [0, 0.05) is 23.6 Å². The summed E-state index contributed by atoms with van der Waals surface area (Å²) in [5, 5.41) is 0. The Morgan fingerprint density at radius 2 is 2.31 bits per heavy atom. The predicted molar refractivity (Wildman–Crippen MR) is 70.6 cm³/mol. The zero-order chi connectivity index (χ0) is 11.7. The second-order valence-corrected chi connectivity index (χ2v) is 5.44. The van der Waals surface area contributed by atoms with Crippen molar-refractivity contribution >= 4 is 21.7 Å². The maximum Gasteiger partial charge on any atom is 0.128 e. The van der Waals surface area contributed by atoms with Gasteiger partial charge in [0.1, 0.15) is 5.82 Å². The van der Waals surface area contributed by atoms with Gasteiger partial charge in [0.05, 0.1) is 5.69 Å². The summed E-state index contributed by atoms with van der Waals surface area (Å²) < 4.78 is 1.07. The average molecular weight is 284 g/mol. The van der Waals surface area contributed by atoms with Crippen LogP contribution in [0.2, 0.25) is 0 Å². The van der Waals surface area contributed by atoms with Gasteiger partial charge < -0.3 is 10.6 Å². The van der Waals surface area contributed by atoms with Crippen LogP contribution in [0.15, 0.2) is 16.6 Å². The number of halogens is 1. The highest BCUT2D eigenvalue weighted by molar-refractivity contribution is 9.10. The summed E-state index contributed by atoms with van der Waals surface area (Å²) in [5.74, 6) is 1.68. The number of anilines is 1. The van der Waals surface area contributed by atoms with Gasteiger partial charge in [0.2, 0.25) is 0 Å². The summed E-state index contributed by atoms with van der Waals surface area (Å²) in [6.07, 6.45) is 1.18. The average Bonchev–Trinajstić information content (AvgIpc) is 2.71. The number of nitrogens with zero attached hydrogens (tertiary/aromatic N) is 2. The quantitative estimate of drug-likeness (QED) is 0.906. The van der Waals surface area contributed by atoms with Crippen molar-refractivity contribution in [2.24, 2.45) is 11.7 Å². The minimum absolute atomic E-state index is 0.279. The molecule has 1 aliphatic heterocycles. The van der Waals surface area contributed by atoms with E-state index in [4.69, 9.17) is 5.73 Å². The van der Waals surface area contributed by atoms with Crippen molar-refractivity contribution in [3.05, 3.63) is 22.3 Å². The van der Waals surface area contributed by atoms with E-state index in [1.807, 2.05) is 6.92 Å². The molecule has 2 atom stereocenters. The minimum Gasteiger partial charge on any atom is -0.356 e. The molecule has 0 aromatic carbocycles. The molecule has 4 heteroatoms. The molecule has 2 heterocycles. The molecule has 0 radical (unpaired) electrons. The van der Waals surface area contributed by atoms with E-state index in [0.29, 0.717) is 5.92 Å². The van der Waals surface area contributed by atoms with Gasteiger partial charge in [0.25, 0.3) is 0 Å². The fourth-order valence-corrected chi connectivity index (χ4v) is 2.35. The SMILES string of the molecule is Cc1nc(N2CCC(C(C)N)C2)ccc1Br. The maximum absolute atomic E-state index is 5.94. The number of rotatable bonds is 2. The third kappa shape index (κ3) is 2.38. The highest BCUT2D eigenvalue weighted by Crippen LogP contribution is 2.25. The van der Waals surface area contributed by atoms with Crippen LogP contribution in [0.5, 0.6) is 0 Å². The molecule has 1 aromatic rings. The molecule has 0 aliphatic carbocycles. The summed E-state index contributed by atoms with van der Waals surface area (Å²) in [6, 6.07) is 4.42. The molecule has 2 unspecified atom stereocenters. The van der Waals surface area contributed by atoms with Gasteiger partial charge in [-0.05, 0) is 54.2 Å². The molecule has 0 bridgehead atoms. The van der Waals surface area contributed by atoms with Gasteiger partial charge in [-0.1, -0.05) is 0 Å². The lowest BCUT2D eigenvalue weighted by atomic mass is 10.0. The number of pyridine rings is 1. The highest BCUT2D eigenvalue weighted by Gasteiger charge is 2.25. The number of aromatic nitrogens is 1. The predicted octanol–water partition coefficient (Wildman–Crippen LogP) is 2.33. The molecule has 3 nitrogen and oxygen atoms in total. The lowest BCUT2D eigenvalue weighted by Crippen LogP contribution is -2.30. The second-order valence-electron chi connectivity index (χ2n) is 4.59. The summed E-state index contributed by atoms with van der Waals surface area (Å²) in [6.45, 7) is 6.22. The molecule has 2 rings (SSSR count). The number of nitrogens with two attached hydrogens (primary N) is 1. The molecule has 0 spiro atoms. The number of hydrogen-bond acceptors (Lipinski definition) is 3.